The van der Waals surface area contributed by atoms with Crippen molar-refractivity contribution in [2.45, 2.75) is 39.3 Å². The molecule has 1 atom stereocenters. The minimum atomic E-state index is -1.35. The normalized spacial score (nSPS) is 11.7. The molecule has 2 heterocycles. The van der Waals surface area contributed by atoms with Crippen LogP contribution in [0.1, 0.15) is 35.5 Å². The van der Waals surface area contributed by atoms with Crippen LogP contribution in [-0.2, 0) is 16.0 Å². The summed E-state index contributed by atoms with van der Waals surface area (Å²) in [6.45, 7) is 5.43. The van der Waals surface area contributed by atoms with Crippen molar-refractivity contribution in [1.29, 1.82) is 0 Å². The van der Waals surface area contributed by atoms with Crippen LogP contribution in [0, 0.1) is 12.7 Å². The zero-order valence-electron chi connectivity index (χ0n) is 24.5. The van der Waals surface area contributed by atoms with Gasteiger partial charge in [0.1, 0.15) is 17.6 Å². The minimum Gasteiger partial charge on any atom is -0.480 e. The number of carboxylic acids is 1. The number of benzene rings is 3. The number of carboxylic acid groups (broad SMARTS) is 1. The van der Waals surface area contributed by atoms with Gasteiger partial charge in [-0.3, -0.25) is 10.1 Å². The molecule has 0 saturated carbocycles. The van der Waals surface area contributed by atoms with Crippen molar-refractivity contribution in [2.24, 2.45) is 0 Å². The van der Waals surface area contributed by atoms with Gasteiger partial charge >= 0.3 is 12.1 Å². The second kappa shape index (κ2) is 13.2. The van der Waals surface area contributed by atoms with Crippen molar-refractivity contribution < 1.29 is 37.6 Å². The molecule has 0 bridgehead atoms. The van der Waals surface area contributed by atoms with E-state index in [0.717, 1.165) is 17.2 Å². The molecule has 0 fully saturated rings. The van der Waals surface area contributed by atoms with Crippen molar-refractivity contribution in [2.75, 3.05) is 5.32 Å². The number of amides is 2. The van der Waals surface area contributed by atoms with Crippen LogP contribution < -0.4 is 10.6 Å². The fraction of sp³-hybridized carbons (Fsp3) is 0.182. The molecule has 0 saturated heterocycles. The van der Waals surface area contributed by atoms with E-state index in [1.165, 1.54) is 18.2 Å². The van der Waals surface area contributed by atoms with Gasteiger partial charge in [0.25, 0.3) is 11.8 Å². The Kier molecular flexibility index (Phi) is 9.03. The van der Waals surface area contributed by atoms with E-state index in [1.807, 2.05) is 31.2 Å². The lowest BCUT2D eigenvalue weighted by Crippen LogP contribution is -2.42. The first kappa shape index (κ1) is 30.7. The summed E-state index contributed by atoms with van der Waals surface area (Å²) in [4.78, 5) is 40.8. The Labute approximate surface area is 257 Å². The van der Waals surface area contributed by atoms with Gasteiger partial charge < -0.3 is 24.1 Å². The molecule has 11 nitrogen and oxygen atoms in total. The molecule has 12 heteroatoms. The quantitative estimate of drug-likeness (QED) is 0.160. The van der Waals surface area contributed by atoms with E-state index in [4.69, 9.17) is 13.7 Å². The average molecular weight is 613 g/mol. The second-order valence-corrected chi connectivity index (χ2v) is 10.5. The maximum Gasteiger partial charge on any atom is 0.411 e. The molecule has 2 amide bonds. The van der Waals surface area contributed by atoms with Crippen LogP contribution in [0.5, 0.6) is 0 Å². The van der Waals surface area contributed by atoms with E-state index >= 15 is 4.39 Å². The molecule has 5 rings (SSSR count). The Bertz CT molecular complexity index is 1830. The van der Waals surface area contributed by atoms with Gasteiger partial charge in [-0.25, -0.2) is 14.0 Å². The molecule has 5 aromatic rings. The first-order valence-corrected chi connectivity index (χ1v) is 14.0. The first-order valence-electron chi connectivity index (χ1n) is 14.0. The van der Waals surface area contributed by atoms with Gasteiger partial charge in [-0.15, -0.1) is 0 Å². The number of carbonyl (C=O) groups excluding carboxylic acids is 2. The van der Waals surface area contributed by atoms with Gasteiger partial charge in [0, 0.05) is 23.2 Å². The monoisotopic (exact) mass is 612 g/mol. The number of halogens is 1. The smallest absolute Gasteiger partial charge is 0.411 e. The summed E-state index contributed by atoms with van der Waals surface area (Å²) in [6, 6.07) is 19.9. The lowest BCUT2D eigenvalue weighted by atomic mass is 10.0. The summed E-state index contributed by atoms with van der Waals surface area (Å²) >= 11 is 0. The number of aromatic nitrogens is 2. The van der Waals surface area contributed by atoms with Crippen molar-refractivity contribution in [3.8, 4) is 34.2 Å². The summed E-state index contributed by atoms with van der Waals surface area (Å²) in [6.07, 6.45) is -1.04. The number of ether oxygens (including phenoxy) is 1. The SMILES string of the molecule is Cc1ccc(-c2ccc(C(=O)NC(Cc3ccc(-c4noc(-c5ccc(NC(=O)OC(C)C)cc5)n4)c(F)c3)C(=O)O)o2)cc1. The predicted octanol–water partition coefficient (Wildman–Crippen LogP) is 6.49. The number of carbonyl (C=O) groups is 3. The minimum absolute atomic E-state index is 0.0120. The van der Waals surface area contributed by atoms with E-state index in [9.17, 15) is 19.5 Å². The summed E-state index contributed by atoms with van der Waals surface area (Å²) in [7, 11) is 0. The van der Waals surface area contributed by atoms with E-state index in [2.05, 4.69) is 20.8 Å². The molecule has 2 aromatic heterocycles. The Morgan fingerprint density at radius 3 is 2.33 bits per heavy atom. The van der Waals surface area contributed by atoms with Gasteiger partial charge in [0.05, 0.1) is 11.7 Å². The molecule has 0 aliphatic rings. The highest BCUT2D eigenvalue weighted by atomic mass is 19.1. The number of aliphatic carboxylic acids is 1. The predicted molar refractivity (Wildman–Crippen MR) is 162 cm³/mol. The van der Waals surface area contributed by atoms with Gasteiger partial charge in [-0.2, -0.15) is 4.98 Å². The fourth-order valence-electron chi connectivity index (χ4n) is 4.37. The Morgan fingerprint density at radius 2 is 1.67 bits per heavy atom. The third kappa shape index (κ3) is 7.60. The highest BCUT2D eigenvalue weighted by Gasteiger charge is 2.24. The van der Waals surface area contributed by atoms with Crippen LogP contribution in [0.15, 0.2) is 87.8 Å². The van der Waals surface area contributed by atoms with Gasteiger partial charge in [-0.05, 0) is 74.9 Å². The van der Waals surface area contributed by atoms with Crippen molar-refractivity contribution in [3.63, 3.8) is 0 Å². The Hall–Kier alpha value is -5.78. The third-order valence-corrected chi connectivity index (χ3v) is 6.63. The molecule has 3 N–H and O–H groups in total. The largest absolute Gasteiger partial charge is 0.480 e. The van der Waals surface area contributed by atoms with Gasteiger partial charge in [0.15, 0.2) is 5.76 Å². The number of nitrogens with one attached hydrogen (secondary N) is 2. The van der Waals surface area contributed by atoms with Crippen molar-refractivity contribution in [1.82, 2.24) is 15.5 Å². The van der Waals surface area contributed by atoms with Gasteiger partial charge in [0.2, 0.25) is 5.82 Å². The molecule has 45 heavy (non-hydrogen) atoms. The van der Waals surface area contributed by atoms with Gasteiger partial charge in [-0.1, -0.05) is 41.1 Å². The summed E-state index contributed by atoms with van der Waals surface area (Å²) in [5.41, 5.74) is 3.25. The molecule has 3 aromatic carbocycles. The van der Waals surface area contributed by atoms with Crippen LogP contribution >= 0.6 is 0 Å². The number of rotatable bonds is 10. The number of nitrogens with zero attached hydrogens (tertiary/aromatic N) is 2. The van der Waals surface area contributed by atoms with Crippen LogP contribution in [0.25, 0.3) is 34.2 Å². The van der Waals surface area contributed by atoms with Crippen LogP contribution in [0.2, 0.25) is 0 Å². The number of furan rings is 1. The maximum atomic E-state index is 15.2. The standard InChI is InChI=1S/C33H29FN4O7/c1-18(2)43-33(42)35-23-11-9-22(10-12-23)31-37-29(38-45-31)24-13-6-20(16-25(24)34)17-26(32(40)41)36-30(39)28-15-14-27(44-28)21-7-4-19(3)5-8-21/h4-16,18,26H,17H2,1-3H3,(H,35,42)(H,36,39)(H,40,41). The highest BCUT2D eigenvalue weighted by molar-refractivity contribution is 5.95. The van der Waals surface area contributed by atoms with E-state index in [0.29, 0.717) is 22.6 Å². The fourth-order valence-corrected chi connectivity index (χ4v) is 4.37. The molecular weight excluding hydrogens is 583 g/mol. The zero-order valence-corrected chi connectivity index (χ0v) is 24.5. The Balaban J connectivity index is 1.24. The number of hydrogen-bond donors (Lipinski definition) is 3. The summed E-state index contributed by atoms with van der Waals surface area (Å²) in [5, 5.41) is 18.7. The molecule has 0 aliphatic heterocycles. The summed E-state index contributed by atoms with van der Waals surface area (Å²) in [5.74, 6) is -2.18. The second-order valence-electron chi connectivity index (χ2n) is 10.5. The zero-order chi connectivity index (χ0) is 32.1. The molecule has 0 spiro atoms. The van der Waals surface area contributed by atoms with Crippen molar-refractivity contribution in [3.05, 3.63) is 102 Å². The average Bonchev–Trinajstić information content (AvgIpc) is 3.68. The highest BCUT2D eigenvalue weighted by Crippen LogP contribution is 2.27. The molecule has 0 aliphatic carbocycles. The number of hydrogen-bond acceptors (Lipinski definition) is 8. The molecule has 230 valence electrons. The molecule has 1 unspecified atom stereocenters. The number of aryl methyl sites for hydroxylation is 1. The van der Waals surface area contributed by atoms with E-state index in [1.54, 1.807) is 44.2 Å². The van der Waals surface area contributed by atoms with Crippen molar-refractivity contribution >= 4 is 23.7 Å². The number of anilines is 1. The third-order valence-electron chi connectivity index (χ3n) is 6.63. The molecule has 0 radical (unpaired) electrons. The lowest BCUT2D eigenvalue weighted by molar-refractivity contribution is -0.139. The topological polar surface area (TPSA) is 157 Å². The van der Waals surface area contributed by atoms with Crippen LogP contribution in [0.4, 0.5) is 14.9 Å². The first-order chi connectivity index (χ1) is 21.5. The van der Waals surface area contributed by atoms with Crippen LogP contribution in [-0.4, -0.2) is 45.4 Å². The molecular formula is C33H29FN4O7. The van der Waals surface area contributed by atoms with Crippen LogP contribution in [0.3, 0.4) is 0 Å². The Morgan fingerprint density at radius 1 is 0.956 bits per heavy atom. The summed E-state index contributed by atoms with van der Waals surface area (Å²) < 4.78 is 31.2. The lowest BCUT2D eigenvalue weighted by Gasteiger charge is -2.14. The van der Waals surface area contributed by atoms with E-state index < -0.39 is 29.8 Å². The maximum absolute atomic E-state index is 15.2. The van der Waals surface area contributed by atoms with E-state index in [-0.39, 0.29) is 35.6 Å².